The van der Waals surface area contributed by atoms with Crippen LogP contribution >= 0.6 is 11.8 Å². The van der Waals surface area contributed by atoms with Crippen LogP contribution in [-0.4, -0.2) is 28.1 Å². The third-order valence-corrected chi connectivity index (χ3v) is 5.09. The minimum absolute atomic E-state index is 0.316. The molecule has 0 amide bonds. The van der Waals surface area contributed by atoms with Crippen LogP contribution in [0.2, 0.25) is 0 Å². The highest BCUT2D eigenvalue weighted by molar-refractivity contribution is 7.99. The van der Waals surface area contributed by atoms with Crippen molar-refractivity contribution in [3.63, 3.8) is 0 Å². The van der Waals surface area contributed by atoms with Gasteiger partial charge in [-0.25, -0.2) is 4.79 Å². The summed E-state index contributed by atoms with van der Waals surface area (Å²) in [4.78, 5) is 18.7. The van der Waals surface area contributed by atoms with Crippen molar-refractivity contribution in [2.75, 3.05) is 12.4 Å². The fourth-order valence-corrected chi connectivity index (χ4v) is 3.95. The number of para-hydroxylation sites is 1. The smallest absolute Gasteiger partial charge is 0.447 e. The fraction of sp³-hybridized carbons (Fsp3) is 0.211. The molecule has 2 heterocycles. The normalized spacial score (nSPS) is 12.8. The Bertz CT molecular complexity index is 922. The Morgan fingerprint density at radius 3 is 2.76 bits per heavy atom. The van der Waals surface area contributed by atoms with Crippen molar-refractivity contribution in [3.05, 3.63) is 60.4 Å². The first-order valence-electron chi connectivity index (χ1n) is 8.28. The van der Waals surface area contributed by atoms with Gasteiger partial charge in [-0.1, -0.05) is 35.0 Å². The van der Waals surface area contributed by atoms with Crippen molar-refractivity contribution < 1.29 is 14.2 Å². The lowest BCUT2D eigenvalue weighted by Gasteiger charge is -2.08. The lowest BCUT2D eigenvalue weighted by molar-refractivity contribution is -0.682. The molecule has 126 valence electrons. The molecule has 3 aromatic rings. The molecule has 4 rings (SSSR count). The number of carbonyl (C=O) groups excluding carboxylic acids is 1. The van der Waals surface area contributed by atoms with E-state index in [4.69, 9.17) is 9.72 Å². The Kier molecular flexibility index (Phi) is 4.28. The van der Waals surface area contributed by atoms with Crippen LogP contribution in [0.15, 0.2) is 59.5 Å². The summed E-state index contributed by atoms with van der Waals surface area (Å²) in [6.07, 6.45) is 0.368. The molecule has 1 aromatic heterocycles. The zero-order valence-corrected chi connectivity index (χ0v) is 14.7. The summed E-state index contributed by atoms with van der Waals surface area (Å²) in [5.74, 6) is 2.39. The van der Waals surface area contributed by atoms with Crippen molar-refractivity contribution in [1.29, 1.82) is 0 Å². The van der Waals surface area contributed by atoms with Gasteiger partial charge in [0.1, 0.15) is 0 Å². The van der Waals surface area contributed by atoms with Crippen molar-refractivity contribution in [2.45, 2.75) is 18.2 Å². The molecule has 0 spiro atoms. The van der Waals surface area contributed by atoms with Gasteiger partial charge in [0.15, 0.2) is 5.69 Å². The molecule has 0 radical (unpaired) electrons. The predicted molar refractivity (Wildman–Crippen MR) is 96.0 cm³/mol. The molecule has 25 heavy (non-hydrogen) atoms. The zero-order chi connectivity index (χ0) is 17.2. The van der Waals surface area contributed by atoms with Crippen LogP contribution in [0.5, 0.6) is 0 Å². The number of carbonyl (C=O) groups is 1. The Morgan fingerprint density at radius 1 is 1.20 bits per heavy atom. The van der Waals surface area contributed by atoms with E-state index in [0.29, 0.717) is 12.4 Å². The maximum atomic E-state index is 12.8. The Labute approximate surface area is 150 Å². The number of aromatic nitrogens is 3. The lowest BCUT2D eigenvalue weighted by Crippen LogP contribution is -2.47. The van der Waals surface area contributed by atoms with E-state index in [1.54, 1.807) is 16.4 Å². The molecule has 0 saturated carbocycles. The highest BCUT2D eigenvalue weighted by Gasteiger charge is 2.35. The van der Waals surface area contributed by atoms with Crippen LogP contribution in [-0.2, 0) is 11.2 Å². The first-order chi connectivity index (χ1) is 12.3. The summed E-state index contributed by atoms with van der Waals surface area (Å²) in [7, 11) is 0. The van der Waals surface area contributed by atoms with E-state index in [1.807, 2.05) is 60.1 Å². The minimum Gasteiger partial charge on any atom is -0.447 e. The van der Waals surface area contributed by atoms with Crippen LogP contribution < -0.4 is 4.68 Å². The highest BCUT2D eigenvalue weighted by atomic mass is 32.2. The van der Waals surface area contributed by atoms with Crippen LogP contribution in [0.1, 0.15) is 12.7 Å². The molecule has 1 aliphatic heterocycles. The maximum absolute atomic E-state index is 12.8. The number of thioether (sulfide) groups is 1. The molecule has 0 aliphatic carbocycles. The number of ether oxygens (including phenoxy) is 1. The summed E-state index contributed by atoms with van der Waals surface area (Å²) < 4.78 is 8.78. The van der Waals surface area contributed by atoms with E-state index < -0.39 is 6.09 Å². The quantitative estimate of drug-likeness (QED) is 0.663. The zero-order valence-electron chi connectivity index (χ0n) is 13.9. The van der Waals surface area contributed by atoms with Crippen LogP contribution in [0, 0.1) is 0 Å². The molecule has 0 atom stereocenters. The first kappa shape index (κ1) is 15.9. The van der Waals surface area contributed by atoms with Gasteiger partial charge in [-0.2, -0.15) is 0 Å². The Morgan fingerprint density at radius 2 is 1.96 bits per heavy atom. The monoisotopic (exact) mass is 352 g/mol. The third kappa shape index (κ3) is 2.82. The summed E-state index contributed by atoms with van der Waals surface area (Å²) in [6, 6.07) is 17.8. The van der Waals surface area contributed by atoms with E-state index in [0.717, 1.165) is 34.1 Å². The molecule has 2 aromatic carbocycles. The maximum Gasteiger partial charge on any atom is 0.454 e. The van der Waals surface area contributed by atoms with Gasteiger partial charge in [-0.15, -0.1) is 16.4 Å². The second-order valence-corrected chi connectivity index (χ2v) is 6.74. The Balaban J connectivity index is 2.00. The third-order valence-electron chi connectivity index (χ3n) is 4.03. The summed E-state index contributed by atoms with van der Waals surface area (Å²) in [5, 5.41) is 0. The lowest BCUT2D eigenvalue weighted by atomic mass is 10.2. The van der Waals surface area contributed by atoms with Gasteiger partial charge in [-0.3, -0.25) is 0 Å². The highest BCUT2D eigenvalue weighted by Crippen LogP contribution is 2.28. The van der Waals surface area contributed by atoms with Crippen molar-refractivity contribution >= 4 is 17.9 Å². The Hall–Kier alpha value is -2.60. The van der Waals surface area contributed by atoms with Crippen LogP contribution in [0.4, 0.5) is 4.79 Å². The molecule has 0 bridgehead atoms. The minimum atomic E-state index is -0.415. The van der Waals surface area contributed by atoms with Crippen molar-refractivity contribution in [1.82, 2.24) is 9.67 Å². The molecule has 6 heteroatoms. The number of benzene rings is 2. The number of hydrogen-bond acceptors (Lipinski definition) is 4. The van der Waals surface area contributed by atoms with E-state index in [-0.39, 0.29) is 0 Å². The second kappa shape index (κ2) is 6.72. The SMILES string of the molecule is CCOC(=O)n1c(-c2ccccc2)nc2[n+]1-c1ccccc1SCC2. The number of aryl methyl sites for hydroxylation is 1. The second-order valence-electron chi connectivity index (χ2n) is 5.61. The fourth-order valence-electron chi connectivity index (χ4n) is 2.97. The summed E-state index contributed by atoms with van der Waals surface area (Å²) in [6.45, 7) is 2.13. The van der Waals surface area contributed by atoms with Gasteiger partial charge in [0.05, 0.1) is 17.9 Å². The van der Waals surface area contributed by atoms with Crippen molar-refractivity contribution in [2.24, 2.45) is 0 Å². The van der Waals surface area contributed by atoms with E-state index in [2.05, 4.69) is 6.07 Å². The van der Waals surface area contributed by atoms with Crippen molar-refractivity contribution in [3.8, 4) is 17.1 Å². The van der Waals surface area contributed by atoms with E-state index in [9.17, 15) is 4.79 Å². The summed E-state index contributed by atoms with van der Waals surface area (Å²) >= 11 is 1.78. The molecule has 1 aliphatic rings. The molecule has 0 saturated heterocycles. The number of rotatable bonds is 2. The van der Waals surface area contributed by atoms with E-state index in [1.165, 1.54) is 0 Å². The van der Waals surface area contributed by atoms with Gasteiger partial charge in [0.25, 0.3) is 5.82 Å². The standard InChI is InChI=1S/C19H18N3O2S/c1-2-24-19(23)22-18(14-8-4-3-5-9-14)20-17-12-13-25-16-11-7-6-10-15(16)21(17)22/h3-11H,2,12-13H2,1H3/q+1. The number of nitrogens with zero attached hydrogens (tertiary/aromatic N) is 3. The van der Waals surface area contributed by atoms with E-state index >= 15 is 0 Å². The van der Waals surface area contributed by atoms with Gasteiger partial charge < -0.3 is 4.74 Å². The predicted octanol–water partition coefficient (Wildman–Crippen LogP) is 3.48. The average Bonchev–Trinajstić information content (AvgIpc) is 2.93. The largest absolute Gasteiger partial charge is 0.454 e. The van der Waals surface area contributed by atoms with Gasteiger partial charge >= 0.3 is 11.9 Å². The van der Waals surface area contributed by atoms with Crippen LogP contribution in [0.3, 0.4) is 0 Å². The van der Waals surface area contributed by atoms with Gasteiger partial charge in [0, 0.05) is 11.3 Å². The molecule has 5 nitrogen and oxygen atoms in total. The van der Waals surface area contributed by atoms with Crippen LogP contribution in [0.25, 0.3) is 17.1 Å². The summed E-state index contributed by atoms with van der Waals surface area (Å²) in [5.41, 5.74) is 1.85. The number of fused-ring (bicyclic) bond motifs is 3. The topological polar surface area (TPSA) is 48.0 Å². The molecular formula is C19H18N3O2S+. The van der Waals surface area contributed by atoms with Gasteiger partial charge in [-0.05, 0) is 36.2 Å². The number of hydrogen-bond donors (Lipinski definition) is 0. The molecular weight excluding hydrogens is 334 g/mol. The molecule has 0 N–H and O–H groups in total. The molecule has 0 unspecified atom stereocenters. The first-order valence-corrected chi connectivity index (χ1v) is 9.27. The molecule has 0 fully saturated rings. The average molecular weight is 352 g/mol. The van der Waals surface area contributed by atoms with Gasteiger partial charge in [0.2, 0.25) is 0 Å².